The molecule has 0 aliphatic heterocycles. The standard InChI is InChI=1S/C12H14F2N2O/c1-8(7-17-3)16(2)12-10(13)4-9(6-15)5-11(12)14/h4-5,8H,7H2,1-3H3. The van der Waals surface area contributed by atoms with Gasteiger partial charge in [0.2, 0.25) is 0 Å². The van der Waals surface area contributed by atoms with E-state index in [0.29, 0.717) is 6.61 Å². The van der Waals surface area contributed by atoms with Crippen molar-refractivity contribution in [2.75, 3.05) is 25.7 Å². The van der Waals surface area contributed by atoms with Crippen LogP contribution in [-0.4, -0.2) is 26.8 Å². The van der Waals surface area contributed by atoms with Gasteiger partial charge in [0, 0.05) is 20.2 Å². The number of nitriles is 1. The van der Waals surface area contributed by atoms with Crippen LogP contribution in [0.1, 0.15) is 12.5 Å². The Morgan fingerprint density at radius 2 is 1.94 bits per heavy atom. The van der Waals surface area contributed by atoms with Gasteiger partial charge in [-0.3, -0.25) is 0 Å². The van der Waals surface area contributed by atoms with Crippen LogP contribution in [0.2, 0.25) is 0 Å². The Bertz CT molecular complexity index is 420. The lowest BCUT2D eigenvalue weighted by molar-refractivity contribution is 0.183. The van der Waals surface area contributed by atoms with Crippen molar-refractivity contribution in [2.45, 2.75) is 13.0 Å². The number of rotatable bonds is 4. The summed E-state index contributed by atoms with van der Waals surface area (Å²) in [5.41, 5.74) is -0.176. The number of nitrogens with zero attached hydrogens (tertiary/aromatic N) is 2. The Hall–Kier alpha value is -1.67. The van der Waals surface area contributed by atoms with Crippen molar-refractivity contribution in [3.8, 4) is 6.07 Å². The molecule has 0 N–H and O–H groups in total. The van der Waals surface area contributed by atoms with Gasteiger partial charge in [0.25, 0.3) is 0 Å². The second-order valence-electron chi connectivity index (χ2n) is 3.82. The van der Waals surface area contributed by atoms with Crippen molar-refractivity contribution < 1.29 is 13.5 Å². The third-order valence-electron chi connectivity index (χ3n) is 2.57. The fourth-order valence-corrected chi connectivity index (χ4v) is 1.54. The molecule has 0 saturated carbocycles. The van der Waals surface area contributed by atoms with Crippen LogP contribution in [0, 0.1) is 23.0 Å². The molecule has 17 heavy (non-hydrogen) atoms. The summed E-state index contributed by atoms with van der Waals surface area (Å²) in [4.78, 5) is 1.45. The van der Waals surface area contributed by atoms with Crippen LogP contribution in [0.25, 0.3) is 0 Å². The van der Waals surface area contributed by atoms with E-state index < -0.39 is 11.6 Å². The lowest BCUT2D eigenvalue weighted by Crippen LogP contribution is -2.34. The van der Waals surface area contributed by atoms with Gasteiger partial charge in [-0.05, 0) is 19.1 Å². The zero-order chi connectivity index (χ0) is 13.0. The molecule has 0 fully saturated rings. The minimum atomic E-state index is -0.744. The summed E-state index contributed by atoms with van der Waals surface area (Å²) in [5, 5.41) is 8.59. The molecule has 0 heterocycles. The quantitative estimate of drug-likeness (QED) is 0.810. The lowest BCUT2D eigenvalue weighted by Gasteiger charge is -2.27. The fraction of sp³-hybridized carbons (Fsp3) is 0.417. The number of anilines is 1. The molecule has 3 nitrogen and oxygen atoms in total. The van der Waals surface area contributed by atoms with E-state index in [9.17, 15) is 8.78 Å². The van der Waals surface area contributed by atoms with Crippen LogP contribution >= 0.6 is 0 Å². The van der Waals surface area contributed by atoms with Crippen molar-refractivity contribution in [1.29, 1.82) is 5.26 Å². The maximum atomic E-state index is 13.7. The Kier molecular flexibility index (Phi) is 4.41. The number of hydrogen-bond acceptors (Lipinski definition) is 3. The van der Waals surface area contributed by atoms with Gasteiger partial charge in [-0.25, -0.2) is 8.78 Å². The summed E-state index contributed by atoms with van der Waals surface area (Å²) in [6.07, 6.45) is 0. The molecule has 1 unspecified atom stereocenters. The largest absolute Gasteiger partial charge is 0.383 e. The van der Waals surface area contributed by atoms with Crippen LogP contribution in [0.15, 0.2) is 12.1 Å². The zero-order valence-corrected chi connectivity index (χ0v) is 10.00. The highest BCUT2D eigenvalue weighted by molar-refractivity contribution is 5.52. The van der Waals surface area contributed by atoms with Gasteiger partial charge in [-0.2, -0.15) is 5.26 Å². The van der Waals surface area contributed by atoms with Crippen molar-refractivity contribution >= 4 is 5.69 Å². The lowest BCUT2D eigenvalue weighted by atomic mass is 10.1. The Balaban J connectivity index is 3.10. The van der Waals surface area contributed by atoms with E-state index in [1.807, 2.05) is 0 Å². The molecule has 1 atom stereocenters. The molecule has 0 bridgehead atoms. The van der Waals surface area contributed by atoms with E-state index >= 15 is 0 Å². The van der Waals surface area contributed by atoms with Crippen molar-refractivity contribution in [3.05, 3.63) is 29.3 Å². The second-order valence-corrected chi connectivity index (χ2v) is 3.82. The Morgan fingerprint density at radius 1 is 1.41 bits per heavy atom. The summed E-state index contributed by atoms with van der Waals surface area (Å²) in [7, 11) is 3.10. The maximum absolute atomic E-state index is 13.7. The highest BCUT2D eigenvalue weighted by Gasteiger charge is 2.19. The monoisotopic (exact) mass is 240 g/mol. The van der Waals surface area contributed by atoms with Gasteiger partial charge in [0.05, 0.1) is 18.2 Å². The number of benzene rings is 1. The SMILES string of the molecule is COCC(C)N(C)c1c(F)cc(C#N)cc1F. The Labute approximate surface area is 99.2 Å². The van der Waals surface area contributed by atoms with Gasteiger partial charge < -0.3 is 9.64 Å². The van der Waals surface area contributed by atoms with Gasteiger partial charge in [0.15, 0.2) is 11.6 Å². The van der Waals surface area contributed by atoms with Crippen molar-refractivity contribution in [1.82, 2.24) is 0 Å². The van der Waals surface area contributed by atoms with E-state index in [0.717, 1.165) is 12.1 Å². The molecule has 5 heteroatoms. The molecule has 0 aliphatic rings. The molecule has 1 aromatic rings. The summed E-state index contributed by atoms with van der Waals surface area (Å²) in [5.74, 6) is -1.49. The predicted octanol–water partition coefficient (Wildman–Crippen LogP) is 2.31. The fourth-order valence-electron chi connectivity index (χ4n) is 1.54. The molecule has 0 radical (unpaired) electrons. The number of ether oxygens (including phenoxy) is 1. The molecular formula is C12H14F2N2O. The van der Waals surface area contributed by atoms with E-state index in [1.165, 1.54) is 12.0 Å². The second kappa shape index (κ2) is 5.60. The van der Waals surface area contributed by atoms with E-state index in [4.69, 9.17) is 10.00 Å². The average molecular weight is 240 g/mol. The molecule has 0 aliphatic carbocycles. The third-order valence-corrected chi connectivity index (χ3v) is 2.57. The summed E-state index contributed by atoms with van der Waals surface area (Å²) < 4.78 is 32.3. The van der Waals surface area contributed by atoms with Gasteiger partial charge >= 0.3 is 0 Å². The minimum absolute atomic E-state index is 0.0310. The highest BCUT2D eigenvalue weighted by atomic mass is 19.1. The normalized spacial score (nSPS) is 12.0. The smallest absolute Gasteiger partial charge is 0.150 e. The number of halogens is 2. The topological polar surface area (TPSA) is 36.3 Å². The Morgan fingerprint density at radius 3 is 2.35 bits per heavy atom. The van der Waals surface area contributed by atoms with Gasteiger partial charge in [-0.15, -0.1) is 0 Å². The molecule has 1 aromatic carbocycles. The first kappa shape index (κ1) is 13.4. The molecule has 0 spiro atoms. The molecule has 0 aromatic heterocycles. The summed E-state index contributed by atoms with van der Waals surface area (Å²) >= 11 is 0. The van der Waals surface area contributed by atoms with E-state index in [-0.39, 0.29) is 17.3 Å². The van der Waals surface area contributed by atoms with Crippen molar-refractivity contribution in [3.63, 3.8) is 0 Å². The first-order valence-electron chi connectivity index (χ1n) is 5.12. The average Bonchev–Trinajstić information content (AvgIpc) is 2.28. The van der Waals surface area contributed by atoms with Crippen LogP contribution in [0.5, 0.6) is 0 Å². The van der Waals surface area contributed by atoms with Crippen LogP contribution in [0.3, 0.4) is 0 Å². The van der Waals surface area contributed by atoms with E-state index in [2.05, 4.69) is 0 Å². The maximum Gasteiger partial charge on any atom is 0.150 e. The van der Waals surface area contributed by atoms with Gasteiger partial charge in [0.1, 0.15) is 5.69 Å². The van der Waals surface area contributed by atoms with Crippen LogP contribution < -0.4 is 4.90 Å². The molecule has 92 valence electrons. The molecule has 1 rings (SSSR count). The highest BCUT2D eigenvalue weighted by Crippen LogP contribution is 2.25. The van der Waals surface area contributed by atoms with Gasteiger partial charge in [-0.1, -0.05) is 0 Å². The number of likely N-dealkylation sites (N-methyl/N-ethyl adjacent to an activating group) is 1. The summed E-state index contributed by atoms with van der Waals surface area (Å²) in [6.45, 7) is 2.15. The first-order chi connectivity index (χ1) is 8.01. The molecule has 0 amide bonds. The number of methoxy groups -OCH3 is 1. The van der Waals surface area contributed by atoms with Crippen LogP contribution in [0.4, 0.5) is 14.5 Å². The van der Waals surface area contributed by atoms with E-state index in [1.54, 1.807) is 20.0 Å². The predicted molar refractivity (Wildman–Crippen MR) is 60.8 cm³/mol. The zero-order valence-electron chi connectivity index (χ0n) is 10.00. The van der Waals surface area contributed by atoms with Crippen LogP contribution in [-0.2, 0) is 4.74 Å². The summed E-state index contributed by atoms with van der Waals surface area (Å²) in [6, 6.07) is 3.58. The third kappa shape index (κ3) is 2.92. The molecule has 0 saturated heterocycles. The first-order valence-corrected chi connectivity index (χ1v) is 5.12. The minimum Gasteiger partial charge on any atom is -0.383 e. The number of hydrogen-bond donors (Lipinski definition) is 0. The molecular weight excluding hydrogens is 226 g/mol. The van der Waals surface area contributed by atoms with Crippen molar-refractivity contribution in [2.24, 2.45) is 0 Å².